The van der Waals surface area contributed by atoms with Crippen molar-refractivity contribution in [1.29, 1.82) is 0 Å². The van der Waals surface area contributed by atoms with E-state index in [2.05, 4.69) is 39.8 Å². The number of nitrogens with one attached hydrogen (secondary N) is 2. The summed E-state index contributed by atoms with van der Waals surface area (Å²) in [5, 5.41) is 6.30. The van der Waals surface area contributed by atoms with Crippen molar-refractivity contribution in [3.63, 3.8) is 0 Å². The lowest BCUT2D eigenvalue weighted by atomic mass is 10.2. The highest BCUT2D eigenvalue weighted by Crippen LogP contribution is 2.13. The van der Waals surface area contributed by atoms with E-state index in [0.717, 1.165) is 31.7 Å². The van der Waals surface area contributed by atoms with Crippen LogP contribution < -0.4 is 10.6 Å². The van der Waals surface area contributed by atoms with Gasteiger partial charge in [-0.1, -0.05) is 48.0 Å². The van der Waals surface area contributed by atoms with Crippen LogP contribution in [0.2, 0.25) is 0 Å². The molecule has 0 bridgehead atoms. The predicted molar refractivity (Wildman–Crippen MR) is 97.9 cm³/mol. The van der Waals surface area contributed by atoms with Crippen LogP contribution >= 0.6 is 0 Å². The Morgan fingerprint density at radius 1 is 1.12 bits per heavy atom. The smallest absolute Gasteiger partial charge is 0.238 e. The van der Waals surface area contributed by atoms with Crippen LogP contribution in [0.25, 0.3) is 0 Å². The molecule has 1 aliphatic rings. The highest BCUT2D eigenvalue weighted by Gasteiger charge is 2.22. The second kappa shape index (κ2) is 8.08. The quantitative estimate of drug-likeness (QED) is 0.859. The summed E-state index contributed by atoms with van der Waals surface area (Å²) in [5.41, 5.74) is 3.38. The number of hydrogen-bond donors (Lipinski definition) is 2. The average Bonchev–Trinajstić information content (AvgIpc) is 3.03. The van der Waals surface area contributed by atoms with E-state index in [1.807, 2.05) is 37.3 Å². The average molecular weight is 323 g/mol. The van der Waals surface area contributed by atoms with Gasteiger partial charge in [0.05, 0.1) is 6.54 Å². The largest absolute Gasteiger partial charge is 0.325 e. The number of rotatable bonds is 6. The molecule has 1 fully saturated rings. The minimum absolute atomic E-state index is 0.0142. The summed E-state index contributed by atoms with van der Waals surface area (Å²) >= 11 is 0. The molecule has 0 aliphatic carbocycles. The Kier molecular flexibility index (Phi) is 5.62. The van der Waals surface area contributed by atoms with E-state index in [9.17, 15) is 4.79 Å². The van der Waals surface area contributed by atoms with Crippen LogP contribution in [0, 0.1) is 6.92 Å². The van der Waals surface area contributed by atoms with Crippen molar-refractivity contribution >= 4 is 11.6 Å². The molecular formula is C20H25N3O. The molecule has 1 heterocycles. The molecule has 1 aliphatic heterocycles. The highest BCUT2D eigenvalue weighted by molar-refractivity contribution is 5.92. The standard InChI is InChI=1S/C20H25N3O/c1-16-7-9-18(10-8-16)22-20(24)13-21-19-11-12-23(15-19)14-17-5-3-2-4-6-17/h2-10,19,21H,11-15H2,1H3,(H,22,24)/t19-/m0/s1. The van der Waals surface area contributed by atoms with Gasteiger partial charge < -0.3 is 10.6 Å². The van der Waals surface area contributed by atoms with Crippen LogP contribution in [0.1, 0.15) is 17.5 Å². The number of aryl methyl sites for hydroxylation is 1. The van der Waals surface area contributed by atoms with E-state index >= 15 is 0 Å². The minimum atomic E-state index is 0.0142. The van der Waals surface area contributed by atoms with Gasteiger partial charge in [0, 0.05) is 31.4 Å². The Hall–Kier alpha value is -2.17. The molecule has 0 radical (unpaired) electrons. The molecular weight excluding hydrogens is 298 g/mol. The van der Waals surface area contributed by atoms with Crippen LogP contribution in [0.3, 0.4) is 0 Å². The van der Waals surface area contributed by atoms with E-state index < -0.39 is 0 Å². The number of nitrogens with zero attached hydrogens (tertiary/aromatic N) is 1. The molecule has 0 aromatic heterocycles. The van der Waals surface area contributed by atoms with Crippen molar-refractivity contribution < 1.29 is 4.79 Å². The first-order valence-corrected chi connectivity index (χ1v) is 8.55. The molecule has 2 aromatic rings. The van der Waals surface area contributed by atoms with Crippen molar-refractivity contribution in [2.45, 2.75) is 25.9 Å². The van der Waals surface area contributed by atoms with Crippen molar-refractivity contribution in [2.24, 2.45) is 0 Å². The summed E-state index contributed by atoms with van der Waals surface area (Å²) in [6, 6.07) is 18.8. The van der Waals surface area contributed by atoms with Crippen molar-refractivity contribution in [3.05, 3.63) is 65.7 Å². The molecule has 4 heteroatoms. The summed E-state index contributed by atoms with van der Waals surface area (Å²) in [6.45, 7) is 5.44. The Morgan fingerprint density at radius 3 is 2.62 bits per heavy atom. The Balaban J connectivity index is 1.39. The van der Waals surface area contributed by atoms with Crippen LogP contribution in [-0.4, -0.2) is 36.5 Å². The zero-order chi connectivity index (χ0) is 16.8. The first kappa shape index (κ1) is 16.7. The second-order valence-electron chi connectivity index (χ2n) is 6.50. The molecule has 2 N–H and O–H groups in total. The number of amides is 1. The molecule has 1 amide bonds. The van der Waals surface area contributed by atoms with Gasteiger partial charge in [-0.2, -0.15) is 0 Å². The number of anilines is 1. The van der Waals surface area contributed by atoms with Crippen LogP contribution in [-0.2, 0) is 11.3 Å². The Labute approximate surface area is 143 Å². The number of benzene rings is 2. The summed E-state index contributed by atoms with van der Waals surface area (Å²) in [7, 11) is 0. The maximum atomic E-state index is 12.0. The fourth-order valence-electron chi connectivity index (χ4n) is 3.06. The minimum Gasteiger partial charge on any atom is -0.325 e. The first-order valence-electron chi connectivity index (χ1n) is 8.55. The van der Waals surface area contributed by atoms with Crippen LogP contribution in [0.15, 0.2) is 54.6 Å². The van der Waals surface area contributed by atoms with E-state index in [4.69, 9.17) is 0 Å². The maximum absolute atomic E-state index is 12.0. The van der Waals surface area contributed by atoms with Gasteiger partial charge in [0.15, 0.2) is 0 Å². The lowest BCUT2D eigenvalue weighted by Gasteiger charge is -2.16. The van der Waals surface area contributed by atoms with Gasteiger partial charge in [0.25, 0.3) is 0 Å². The predicted octanol–water partition coefficient (Wildman–Crippen LogP) is 2.80. The van der Waals surface area contributed by atoms with Gasteiger partial charge in [-0.15, -0.1) is 0 Å². The van der Waals surface area contributed by atoms with Crippen LogP contribution in [0.5, 0.6) is 0 Å². The Bertz CT molecular complexity index is 654. The van der Waals surface area contributed by atoms with E-state index in [1.165, 1.54) is 11.1 Å². The van der Waals surface area contributed by atoms with Crippen molar-refractivity contribution in [1.82, 2.24) is 10.2 Å². The van der Waals surface area contributed by atoms with Gasteiger partial charge >= 0.3 is 0 Å². The second-order valence-corrected chi connectivity index (χ2v) is 6.50. The molecule has 24 heavy (non-hydrogen) atoms. The van der Waals surface area contributed by atoms with E-state index in [-0.39, 0.29) is 5.91 Å². The number of carbonyl (C=O) groups is 1. The van der Waals surface area contributed by atoms with Gasteiger partial charge in [-0.3, -0.25) is 9.69 Å². The van der Waals surface area contributed by atoms with E-state index in [0.29, 0.717) is 12.6 Å². The molecule has 1 atom stereocenters. The number of likely N-dealkylation sites (tertiary alicyclic amines) is 1. The summed E-state index contributed by atoms with van der Waals surface area (Å²) in [4.78, 5) is 14.5. The zero-order valence-corrected chi connectivity index (χ0v) is 14.2. The Morgan fingerprint density at radius 2 is 1.88 bits per heavy atom. The highest BCUT2D eigenvalue weighted by atomic mass is 16.1. The molecule has 4 nitrogen and oxygen atoms in total. The fraction of sp³-hybridized carbons (Fsp3) is 0.350. The van der Waals surface area contributed by atoms with Crippen molar-refractivity contribution in [3.8, 4) is 0 Å². The normalized spacial score (nSPS) is 17.8. The lowest BCUT2D eigenvalue weighted by Crippen LogP contribution is -2.37. The maximum Gasteiger partial charge on any atom is 0.238 e. The first-order chi connectivity index (χ1) is 11.7. The number of hydrogen-bond acceptors (Lipinski definition) is 3. The zero-order valence-electron chi connectivity index (χ0n) is 14.2. The SMILES string of the molecule is Cc1ccc(NC(=O)CN[C@H]2CCN(Cc3ccccc3)C2)cc1. The van der Waals surface area contributed by atoms with Gasteiger partial charge in [-0.25, -0.2) is 0 Å². The summed E-state index contributed by atoms with van der Waals surface area (Å²) in [6.07, 6.45) is 1.09. The van der Waals surface area contributed by atoms with E-state index in [1.54, 1.807) is 0 Å². The van der Waals surface area contributed by atoms with Gasteiger partial charge in [-0.05, 0) is 31.0 Å². The summed E-state index contributed by atoms with van der Waals surface area (Å²) in [5.74, 6) is 0.0142. The van der Waals surface area contributed by atoms with Gasteiger partial charge in [0.1, 0.15) is 0 Å². The van der Waals surface area contributed by atoms with Crippen LogP contribution in [0.4, 0.5) is 5.69 Å². The third-order valence-electron chi connectivity index (χ3n) is 4.41. The van der Waals surface area contributed by atoms with Crippen molar-refractivity contribution in [2.75, 3.05) is 25.0 Å². The summed E-state index contributed by atoms with van der Waals surface area (Å²) < 4.78 is 0. The molecule has 2 aromatic carbocycles. The molecule has 0 spiro atoms. The number of carbonyl (C=O) groups excluding carboxylic acids is 1. The monoisotopic (exact) mass is 323 g/mol. The molecule has 1 saturated heterocycles. The molecule has 3 rings (SSSR count). The van der Waals surface area contributed by atoms with Gasteiger partial charge in [0.2, 0.25) is 5.91 Å². The third-order valence-corrected chi connectivity index (χ3v) is 4.41. The topological polar surface area (TPSA) is 44.4 Å². The molecule has 126 valence electrons. The molecule has 0 unspecified atom stereocenters. The lowest BCUT2D eigenvalue weighted by molar-refractivity contribution is -0.115. The molecule has 0 saturated carbocycles. The third kappa shape index (κ3) is 4.91. The fourth-order valence-corrected chi connectivity index (χ4v) is 3.06.